The molecule has 1 aromatic rings. The van der Waals surface area contributed by atoms with Crippen LogP contribution in [0.1, 0.15) is 22.8 Å². The van der Waals surface area contributed by atoms with Crippen LogP contribution in [0.4, 0.5) is 0 Å². The summed E-state index contributed by atoms with van der Waals surface area (Å²) >= 11 is 0. The highest BCUT2D eigenvalue weighted by Crippen LogP contribution is 2.06. The second-order valence-electron chi connectivity index (χ2n) is 4.36. The maximum absolute atomic E-state index is 11.8. The van der Waals surface area contributed by atoms with Crippen molar-refractivity contribution < 1.29 is 27.9 Å². The summed E-state index contributed by atoms with van der Waals surface area (Å²) in [6.45, 7) is 1.35. The quantitative estimate of drug-likeness (QED) is 0.705. The minimum absolute atomic E-state index is 0.107. The Morgan fingerprint density at radius 3 is 2.33 bits per heavy atom. The van der Waals surface area contributed by atoms with E-state index in [0.29, 0.717) is 6.42 Å². The third-order valence-electron chi connectivity index (χ3n) is 2.92. The van der Waals surface area contributed by atoms with Gasteiger partial charge in [0.2, 0.25) is 10.0 Å². The van der Waals surface area contributed by atoms with E-state index >= 15 is 0 Å². The first-order valence-electron chi connectivity index (χ1n) is 6.16. The molecule has 1 unspecified atom stereocenters. The molecule has 0 saturated heterocycles. The van der Waals surface area contributed by atoms with Gasteiger partial charge in [0.05, 0.1) is 12.7 Å². The predicted octanol–water partition coefficient (Wildman–Crippen LogP) is 0.408. The topological polar surface area (TPSA) is 110 Å². The Hall–Kier alpha value is -1.93. The van der Waals surface area contributed by atoms with E-state index in [1.54, 1.807) is 12.1 Å². The molecule has 1 atom stereocenters. The van der Waals surface area contributed by atoms with Crippen molar-refractivity contribution in [2.75, 3.05) is 13.7 Å². The number of ether oxygens (including phenoxy) is 1. The highest BCUT2D eigenvalue weighted by molar-refractivity contribution is 7.90. The summed E-state index contributed by atoms with van der Waals surface area (Å²) in [6, 6.07) is 6.12. The Morgan fingerprint density at radius 1 is 1.29 bits per heavy atom. The van der Waals surface area contributed by atoms with Crippen LogP contribution in [-0.2, 0) is 26.0 Å². The van der Waals surface area contributed by atoms with Crippen LogP contribution in [0.15, 0.2) is 24.3 Å². The Kier molecular flexibility index (Phi) is 5.86. The van der Waals surface area contributed by atoms with Gasteiger partial charge in [0, 0.05) is 6.54 Å². The number of rotatable bonds is 7. The fraction of sp³-hybridized carbons (Fsp3) is 0.385. The van der Waals surface area contributed by atoms with Gasteiger partial charge in [-0.3, -0.25) is 4.79 Å². The monoisotopic (exact) mass is 315 g/mol. The average Bonchev–Trinajstić information content (AvgIpc) is 2.46. The lowest BCUT2D eigenvalue weighted by Gasteiger charge is -2.11. The number of hydrogen-bond donors (Lipinski definition) is 2. The first kappa shape index (κ1) is 17.1. The second kappa shape index (κ2) is 7.19. The third kappa shape index (κ3) is 4.83. The number of methoxy groups -OCH3 is 1. The van der Waals surface area contributed by atoms with Crippen LogP contribution in [0.3, 0.4) is 0 Å². The SMILES string of the molecule is COC(=O)C(C)S(=O)(=O)NCCc1ccc(C(=O)O)cc1. The Bertz CT molecular complexity index is 608. The maximum Gasteiger partial charge on any atom is 0.335 e. The van der Waals surface area contributed by atoms with Crippen LogP contribution in [0.25, 0.3) is 0 Å². The van der Waals surface area contributed by atoms with Crippen LogP contribution in [0.2, 0.25) is 0 Å². The van der Waals surface area contributed by atoms with E-state index in [4.69, 9.17) is 5.11 Å². The number of esters is 1. The molecule has 0 heterocycles. The number of hydrogen-bond acceptors (Lipinski definition) is 5. The van der Waals surface area contributed by atoms with E-state index in [2.05, 4.69) is 9.46 Å². The fourth-order valence-electron chi connectivity index (χ4n) is 1.57. The molecule has 0 aliphatic carbocycles. The van der Waals surface area contributed by atoms with Gasteiger partial charge in [0.1, 0.15) is 0 Å². The molecule has 116 valence electrons. The van der Waals surface area contributed by atoms with Crippen molar-refractivity contribution in [1.29, 1.82) is 0 Å². The number of aromatic carboxylic acids is 1. The van der Waals surface area contributed by atoms with E-state index < -0.39 is 27.2 Å². The van der Waals surface area contributed by atoms with Gasteiger partial charge in [-0.15, -0.1) is 0 Å². The molecule has 0 spiro atoms. The van der Waals surface area contributed by atoms with E-state index in [0.717, 1.165) is 12.7 Å². The number of nitrogens with one attached hydrogen (secondary N) is 1. The number of carbonyl (C=O) groups is 2. The third-order valence-corrected chi connectivity index (χ3v) is 4.65. The second-order valence-corrected chi connectivity index (χ2v) is 6.44. The standard InChI is InChI=1S/C13H17NO6S/c1-9(13(17)20-2)21(18,19)14-8-7-10-3-5-11(6-4-10)12(15)16/h3-6,9,14H,7-8H2,1-2H3,(H,15,16). The van der Waals surface area contributed by atoms with E-state index in [9.17, 15) is 18.0 Å². The van der Waals surface area contributed by atoms with Crippen LogP contribution < -0.4 is 4.72 Å². The number of carbonyl (C=O) groups excluding carboxylic acids is 1. The summed E-state index contributed by atoms with van der Waals surface area (Å²) in [6.07, 6.45) is 0.382. The van der Waals surface area contributed by atoms with Gasteiger partial charge < -0.3 is 9.84 Å². The average molecular weight is 315 g/mol. The van der Waals surface area contributed by atoms with Crippen LogP contribution >= 0.6 is 0 Å². The largest absolute Gasteiger partial charge is 0.478 e. The molecule has 0 amide bonds. The van der Waals surface area contributed by atoms with Crippen LogP contribution in [0.5, 0.6) is 0 Å². The zero-order chi connectivity index (χ0) is 16.0. The summed E-state index contributed by atoms with van der Waals surface area (Å²) in [5.41, 5.74) is 0.951. The first-order chi connectivity index (χ1) is 9.77. The van der Waals surface area contributed by atoms with Crippen molar-refractivity contribution in [1.82, 2.24) is 4.72 Å². The van der Waals surface area contributed by atoms with Gasteiger partial charge in [-0.05, 0) is 31.0 Å². The zero-order valence-electron chi connectivity index (χ0n) is 11.7. The number of sulfonamides is 1. The molecule has 0 radical (unpaired) electrons. The lowest BCUT2D eigenvalue weighted by atomic mass is 10.1. The van der Waals surface area contributed by atoms with E-state index in [-0.39, 0.29) is 12.1 Å². The Morgan fingerprint density at radius 2 is 1.86 bits per heavy atom. The fourth-order valence-corrected chi connectivity index (χ4v) is 2.56. The summed E-state index contributed by atoms with van der Waals surface area (Å²) < 4.78 is 30.2. The molecule has 7 nitrogen and oxygen atoms in total. The molecule has 0 bridgehead atoms. The minimum atomic E-state index is -3.78. The van der Waals surface area contributed by atoms with Crippen molar-refractivity contribution in [3.05, 3.63) is 35.4 Å². The van der Waals surface area contributed by atoms with Crippen LogP contribution in [0, 0.1) is 0 Å². The summed E-state index contributed by atoms with van der Waals surface area (Å²) in [5, 5.41) is 7.48. The van der Waals surface area contributed by atoms with Gasteiger partial charge in [-0.25, -0.2) is 17.9 Å². The number of carboxylic acids is 1. The zero-order valence-corrected chi connectivity index (χ0v) is 12.5. The molecule has 0 aliphatic rings. The van der Waals surface area contributed by atoms with Crippen molar-refractivity contribution in [2.45, 2.75) is 18.6 Å². The van der Waals surface area contributed by atoms with Gasteiger partial charge in [0.15, 0.2) is 5.25 Å². The molecular formula is C13H17NO6S. The predicted molar refractivity (Wildman–Crippen MR) is 75.5 cm³/mol. The first-order valence-corrected chi connectivity index (χ1v) is 7.71. The van der Waals surface area contributed by atoms with Crippen molar-refractivity contribution in [2.24, 2.45) is 0 Å². The number of carboxylic acid groups (broad SMARTS) is 1. The molecule has 1 aromatic carbocycles. The van der Waals surface area contributed by atoms with Gasteiger partial charge in [-0.2, -0.15) is 0 Å². The molecule has 0 aliphatic heterocycles. The van der Waals surface area contributed by atoms with Crippen molar-refractivity contribution in [3.63, 3.8) is 0 Å². The molecule has 1 rings (SSSR count). The number of benzene rings is 1. The minimum Gasteiger partial charge on any atom is -0.478 e. The molecule has 8 heteroatoms. The normalized spacial score (nSPS) is 12.7. The summed E-state index contributed by atoms with van der Waals surface area (Å²) in [4.78, 5) is 21.9. The molecule has 2 N–H and O–H groups in total. The molecule has 0 saturated carbocycles. The van der Waals surface area contributed by atoms with Gasteiger partial charge in [-0.1, -0.05) is 12.1 Å². The smallest absolute Gasteiger partial charge is 0.335 e. The Balaban J connectivity index is 2.56. The molecular weight excluding hydrogens is 298 g/mol. The molecule has 21 heavy (non-hydrogen) atoms. The van der Waals surface area contributed by atoms with Crippen LogP contribution in [-0.4, -0.2) is 44.4 Å². The molecule has 0 fully saturated rings. The van der Waals surface area contributed by atoms with Crippen molar-refractivity contribution >= 4 is 22.0 Å². The lowest BCUT2D eigenvalue weighted by molar-refractivity contribution is -0.139. The van der Waals surface area contributed by atoms with E-state index in [1.807, 2.05) is 0 Å². The van der Waals surface area contributed by atoms with Gasteiger partial charge in [0.25, 0.3) is 0 Å². The summed E-state index contributed by atoms with van der Waals surface area (Å²) in [5.74, 6) is -1.84. The lowest BCUT2D eigenvalue weighted by Crippen LogP contribution is -2.39. The highest BCUT2D eigenvalue weighted by Gasteiger charge is 2.28. The van der Waals surface area contributed by atoms with Gasteiger partial charge >= 0.3 is 11.9 Å². The summed E-state index contributed by atoms with van der Waals surface area (Å²) in [7, 11) is -2.66. The Labute approximate surface area is 123 Å². The van der Waals surface area contributed by atoms with E-state index in [1.165, 1.54) is 19.1 Å². The highest BCUT2D eigenvalue weighted by atomic mass is 32.2. The maximum atomic E-state index is 11.8. The van der Waals surface area contributed by atoms with Crippen molar-refractivity contribution in [3.8, 4) is 0 Å². The molecule has 0 aromatic heterocycles.